The fraction of sp³-hybridized carbons (Fsp3) is 0.444. The Morgan fingerprint density at radius 2 is 2.09 bits per heavy atom. The van der Waals surface area contributed by atoms with Crippen LogP contribution in [0.3, 0.4) is 0 Å². The second kappa shape index (κ2) is 5.36. The van der Waals surface area contributed by atoms with Crippen LogP contribution >= 0.6 is 0 Å². The lowest BCUT2D eigenvalue weighted by atomic mass is 9.79. The number of carbonyl (C=O) groups is 1. The molecule has 0 spiro atoms. The van der Waals surface area contributed by atoms with E-state index in [1.54, 1.807) is 6.20 Å². The molecular formula is C18H23N3O. The molecule has 1 aliphatic heterocycles. The van der Waals surface area contributed by atoms with E-state index < -0.39 is 0 Å². The molecule has 1 aromatic carbocycles. The number of amides is 1. The first-order valence-electron chi connectivity index (χ1n) is 7.79. The molecule has 0 saturated carbocycles. The Hall–Kier alpha value is -1.94. The lowest BCUT2D eigenvalue weighted by Gasteiger charge is -2.42. The van der Waals surface area contributed by atoms with Crippen molar-refractivity contribution < 1.29 is 4.79 Å². The molecule has 3 rings (SSSR count). The highest BCUT2D eigenvalue weighted by molar-refractivity contribution is 6.00. The zero-order chi connectivity index (χ0) is 15.9. The normalized spacial score (nSPS) is 21.1. The maximum atomic E-state index is 12.9. The van der Waals surface area contributed by atoms with Gasteiger partial charge in [0.05, 0.1) is 11.1 Å². The third kappa shape index (κ3) is 2.48. The van der Waals surface area contributed by atoms with Crippen LogP contribution in [0.4, 0.5) is 0 Å². The summed E-state index contributed by atoms with van der Waals surface area (Å²) in [5, 5.41) is 1.04. The number of nitrogens with two attached hydrogens (primary N) is 1. The number of fused-ring (bicyclic) bond motifs is 1. The first-order chi connectivity index (χ1) is 10.4. The van der Waals surface area contributed by atoms with Crippen LogP contribution in [0.5, 0.6) is 0 Å². The Bertz CT molecular complexity index is 723. The van der Waals surface area contributed by atoms with E-state index in [4.69, 9.17) is 5.73 Å². The molecule has 0 bridgehead atoms. The highest BCUT2D eigenvalue weighted by Crippen LogP contribution is 2.29. The molecule has 0 aliphatic carbocycles. The summed E-state index contributed by atoms with van der Waals surface area (Å²) in [7, 11) is 0. The van der Waals surface area contributed by atoms with Crippen molar-refractivity contribution >= 4 is 16.8 Å². The van der Waals surface area contributed by atoms with Gasteiger partial charge in [-0.25, -0.2) is 0 Å². The monoisotopic (exact) mass is 297 g/mol. The van der Waals surface area contributed by atoms with Gasteiger partial charge in [0.1, 0.15) is 0 Å². The van der Waals surface area contributed by atoms with Gasteiger partial charge >= 0.3 is 0 Å². The number of piperidine rings is 1. The van der Waals surface area contributed by atoms with Gasteiger partial charge in [0.25, 0.3) is 5.91 Å². The molecule has 4 heteroatoms. The number of benzene rings is 1. The van der Waals surface area contributed by atoms with Crippen molar-refractivity contribution in [1.29, 1.82) is 0 Å². The van der Waals surface area contributed by atoms with Gasteiger partial charge in [-0.2, -0.15) is 0 Å². The summed E-state index contributed by atoms with van der Waals surface area (Å²) in [6.45, 7) is 7.66. The van der Waals surface area contributed by atoms with Crippen molar-refractivity contribution in [3.05, 3.63) is 41.6 Å². The number of para-hydroxylation sites is 1. The molecule has 2 N–H and O–H groups in total. The number of nitrogens with zero attached hydrogens (tertiary/aromatic N) is 2. The van der Waals surface area contributed by atoms with Crippen LogP contribution < -0.4 is 5.73 Å². The summed E-state index contributed by atoms with van der Waals surface area (Å²) in [4.78, 5) is 19.3. The molecule has 1 aliphatic rings. The average Bonchev–Trinajstić information content (AvgIpc) is 2.50. The van der Waals surface area contributed by atoms with E-state index in [0.29, 0.717) is 12.1 Å². The van der Waals surface area contributed by atoms with E-state index >= 15 is 0 Å². The topological polar surface area (TPSA) is 59.2 Å². The van der Waals surface area contributed by atoms with Crippen LogP contribution in [-0.4, -0.2) is 34.9 Å². The Morgan fingerprint density at radius 3 is 2.82 bits per heavy atom. The Balaban J connectivity index is 1.94. The Morgan fingerprint density at radius 1 is 1.36 bits per heavy atom. The third-order valence-electron chi connectivity index (χ3n) is 4.87. The van der Waals surface area contributed by atoms with Crippen LogP contribution in [0.25, 0.3) is 10.9 Å². The van der Waals surface area contributed by atoms with Crippen LogP contribution in [0, 0.1) is 12.3 Å². The van der Waals surface area contributed by atoms with Crippen molar-refractivity contribution in [3.63, 3.8) is 0 Å². The van der Waals surface area contributed by atoms with Gasteiger partial charge in [0.2, 0.25) is 0 Å². The van der Waals surface area contributed by atoms with Gasteiger partial charge in [0, 0.05) is 30.7 Å². The molecule has 0 radical (unpaired) electrons. The molecule has 2 aromatic rings. The minimum Gasteiger partial charge on any atom is -0.338 e. The smallest absolute Gasteiger partial charge is 0.255 e. The highest BCUT2D eigenvalue weighted by atomic mass is 16.2. The first kappa shape index (κ1) is 15.0. The Labute approximate surface area is 131 Å². The van der Waals surface area contributed by atoms with Gasteiger partial charge in [-0.1, -0.05) is 32.0 Å². The van der Waals surface area contributed by atoms with E-state index in [9.17, 15) is 4.79 Å². The summed E-state index contributed by atoms with van der Waals surface area (Å²) in [6.07, 6.45) is 2.56. The zero-order valence-electron chi connectivity index (χ0n) is 13.5. The molecule has 1 unspecified atom stereocenters. The van der Waals surface area contributed by atoms with Crippen molar-refractivity contribution in [2.24, 2.45) is 11.1 Å². The minimum absolute atomic E-state index is 0.0495. The zero-order valence-corrected chi connectivity index (χ0v) is 13.5. The second-order valence-electron chi connectivity index (χ2n) is 6.92. The van der Waals surface area contributed by atoms with Crippen LogP contribution in [0.2, 0.25) is 0 Å². The summed E-state index contributed by atoms with van der Waals surface area (Å²) in [5.41, 5.74) is 8.75. The van der Waals surface area contributed by atoms with Crippen LogP contribution in [-0.2, 0) is 0 Å². The lowest BCUT2D eigenvalue weighted by Crippen LogP contribution is -2.54. The van der Waals surface area contributed by atoms with E-state index in [2.05, 4.69) is 18.8 Å². The van der Waals surface area contributed by atoms with Gasteiger partial charge in [0.15, 0.2) is 0 Å². The molecule has 4 nitrogen and oxygen atoms in total. The third-order valence-corrected chi connectivity index (χ3v) is 4.87. The SMILES string of the molecule is Cc1c(C(=O)N2CCC(N)C(C)(C)C2)cnc2ccccc12. The maximum absolute atomic E-state index is 12.9. The predicted octanol–water partition coefficient (Wildman–Crippen LogP) is 2.74. The van der Waals surface area contributed by atoms with Gasteiger partial charge in [-0.3, -0.25) is 9.78 Å². The maximum Gasteiger partial charge on any atom is 0.255 e. The summed E-state index contributed by atoms with van der Waals surface area (Å²) < 4.78 is 0. The summed E-state index contributed by atoms with van der Waals surface area (Å²) in [6, 6.07) is 8.08. The molecular weight excluding hydrogens is 274 g/mol. The molecule has 1 amide bonds. The second-order valence-corrected chi connectivity index (χ2v) is 6.92. The predicted molar refractivity (Wildman–Crippen MR) is 88.8 cm³/mol. The van der Waals surface area contributed by atoms with Gasteiger partial charge < -0.3 is 10.6 Å². The first-order valence-corrected chi connectivity index (χ1v) is 7.79. The van der Waals surface area contributed by atoms with Crippen molar-refractivity contribution in [3.8, 4) is 0 Å². The van der Waals surface area contributed by atoms with Crippen LogP contribution in [0.15, 0.2) is 30.5 Å². The molecule has 1 aromatic heterocycles. The van der Waals surface area contributed by atoms with Crippen molar-refractivity contribution in [2.45, 2.75) is 33.2 Å². The molecule has 1 atom stereocenters. The molecule has 116 valence electrons. The van der Waals surface area contributed by atoms with Gasteiger partial charge in [-0.15, -0.1) is 0 Å². The number of likely N-dealkylation sites (tertiary alicyclic amines) is 1. The summed E-state index contributed by atoms with van der Waals surface area (Å²) >= 11 is 0. The lowest BCUT2D eigenvalue weighted by molar-refractivity contribution is 0.0532. The van der Waals surface area contributed by atoms with Crippen LogP contribution in [0.1, 0.15) is 36.2 Å². The number of aromatic nitrogens is 1. The van der Waals surface area contributed by atoms with E-state index in [1.807, 2.05) is 36.1 Å². The fourth-order valence-electron chi connectivity index (χ4n) is 3.21. The molecule has 2 heterocycles. The molecule has 22 heavy (non-hydrogen) atoms. The standard InChI is InChI=1S/C18H23N3O/c1-12-13-6-4-5-7-15(13)20-10-14(12)17(22)21-9-8-16(19)18(2,3)11-21/h4-7,10,16H,8-9,11,19H2,1-3H3. The quantitative estimate of drug-likeness (QED) is 0.880. The van der Waals surface area contributed by atoms with E-state index in [1.165, 1.54) is 0 Å². The Kier molecular flexibility index (Phi) is 3.65. The minimum atomic E-state index is -0.0495. The number of pyridine rings is 1. The van der Waals surface area contributed by atoms with Crippen molar-refractivity contribution in [2.75, 3.05) is 13.1 Å². The molecule has 1 saturated heterocycles. The summed E-state index contributed by atoms with van der Waals surface area (Å²) in [5.74, 6) is 0.0655. The number of hydrogen-bond donors (Lipinski definition) is 1. The van der Waals surface area contributed by atoms with Gasteiger partial charge in [-0.05, 0) is 30.4 Å². The highest BCUT2D eigenvalue weighted by Gasteiger charge is 2.36. The van der Waals surface area contributed by atoms with Crippen molar-refractivity contribution in [1.82, 2.24) is 9.88 Å². The average molecular weight is 297 g/mol. The van der Waals surface area contributed by atoms with E-state index in [0.717, 1.165) is 29.4 Å². The fourth-order valence-corrected chi connectivity index (χ4v) is 3.21. The molecule has 1 fully saturated rings. The number of carbonyl (C=O) groups excluding carboxylic acids is 1. The number of rotatable bonds is 1. The number of hydrogen-bond acceptors (Lipinski definition) is 3. The largest absolute Gasteiger partial charge is 0.338 e. The van der Waals surface area contributed by atoms with E-state index in [-0.39, 0.29) is 17.4 Å². The number of aryl methyl sites for hydroxylation is 1.